The van der Waals surface area contributed by atoms with Crippen LogP contribution in [0.5, 0.6) is 0 Å². The van der Waals surface area contributed by atoms with Crippen molar-refractivity contribution in [3.63, 3.8) is 0 Å². The summed E-state index contributed by atoms with van der Waals surface area (Å²) in [6, 6.07) is 2.00. The zero-order chi connectivity index (χ0) is 13.0. The predicted octanol–water partition coefficient (Wildman–Crippen LogP) is 3.53. The molecular formula is C9H6Cl4N2O2. The lowest BCUT2D eigenvalue weighted by atomic mass is 10.3. The number of carbonyl (C=O) groups is 2. The maximum Gasteiger partial charge on any atom is 0.325 e. The third kappa shape index (κ3) is 4.24. The number of carbonyl (C=O) groups excluding carboxylic acids is 2. The Morgan fingerprint density at radius 1 is 1.06 bits per heavy atom. The molecule has 92 valence electrons. The van der Waals surface area contributed by atoms with Crippen molar-refractivity contribution >= 4 is 64.0 Å². The molecule has 1 aromatic rings. The normalized spacial score (nSPS) is 9.88. The zero-order valence-corrected chi connectivity index (χ0v) is 11.2. The molecule has 1 rings (SSSR count). The highest BCUT2D eigenvalue weighted by atomic mass is 35.5. The Kier molecular flexibility index (Phi) is 5.33. The van der Waals surface area contributed by atoms with Crippen molar-refractivity contribution in [2.75, 3.05) is 11.2 Å². The van der Waals surface area contributed by atoms with Crippen LogP contribution in [0.15, 0.2) is 12.1 Å². The molecule has 8 heteroatoms. The second-order valence-corrected chi connectivity index (χ2v) is 4.37. The van der Waals surface area contributed by atoms with E-state index in [9.17, 15) is 9.59 Å². The number of hydrogen-bond donors (Lipinski definition) is 2. The summed E-state index contributed by atoms with van der Waals surface area (Å²) in [5, 5.41) is 5.02. The van der Waals surface area contributed by atoms with Gasteiger partial charge in [-0.1, -0.05) is 34.8 Å². The van der Waals surface area contributed by atoms with E-state index in [2.05, 4.69) is 5.32 Å². The molecular weight excluding hydrogens is 310 g/mol. The summed E-state index contributed by atoms with van der Waals surface area (Å²) in [6.45, 7) is 0. The number of rotatable bonds is 2. The van der Waals surface area contributed by atoms with Gasteiger partial charge in [-0.15, -0.1) is 11.6 Å². The van der Waals surface area contributed by atoms with Gasteiger partial charge in [0.05, 0.1) is 20.8 Å². The summed E-state index contributed by atoms with van der Waals surface area (Å²) < 4.78 is 0. The minimum atomic E-state index is -0.754. The first kappa shape index (κ1) is 14.4. The fourth-order valence-corrected chi connectivity index (χ4v) is 1.59. The average molecular weight is 316 g/mol. The third-order valence-corrected chi connectivity index (χ3v) is 2.91. The summed E-state index contributed by atoms with van der Waals surface area (Å²) in [6.07, 6.45) is 0. The van der Waals surface area contributed by atoms with Crippen molar-refractivity contribution in [2.24, 2.45) is 0 Å². The average Bonchev–Trinajstić information content (AvgIpc) is 2.25. The molecule has 4 nitrogen and oxygen atoms in total. The molecule has 0 aliphatic carbocycles. The second kappa shape index (κ2) is 6.31. The van der Waals surface area contributed by atoms with Gasteiger partial charge in [0, 0.05) is 0 Å². The molecule has 0 spiro atoms. The SMILES string of the molecule is O=C(CCl)NC(=O)Nc1cc(Cl)c(Cl)cc1Cl. The highest BCUT2D eigenvalue weighted by molar-refractivity contribution is 6.44. The quantitative estimate of drug-likeness (QED) is 0.648. The van der Waals surface area contributed by atoms with Crippen LogP contribution in [0.2, 0.25) is 15.1 Å². The fourth-order valence-electron chi connectivity index (χ4n) is 0.932. The van der Waals surface area contributed by atoms with Gasteiger partial charge in [0.1, 0.15) is 5.88 Å². The van der Waals surface area contributed by atoms with Crippen LogP contribution in [-0.4, -0.2) is 17.8 Å². The number of nitrogens with one attached hydrogen (secondary N) is 2. The van der Waals surface area contributed by atoms with E-state index in [-0.39, 0.29) is 26.6 Å². The molecule has 0 aliphatic rings. The van der Waals surface area contributed by atoms with Crippen LogP contribution < -0.4 is 10.6 Å². The molecule has 0 heterocycles. The number of imide groups is 1. The summed E-state index contributed by atoms with van der Waals surface area (Å²) in [4.78, 5) is 22.1. The standard InChI is InChI=1S/C9H6Cl4N2O2/c10-3-8(16)15-9(17)14-7-2-5(12)4(11)1-6(7)13/h1-2H,3H2,(H2,14,15,16,17). The van der Waals surface area contributed by atoms with Crippen LogP contribution in [0.1, 0.15) is 0 Å². The number of anilines is 1. The first-order chi connectivity index (χ1) is 7.93. The van der Waals surface area contributed by atoms with E-state index in [0.717, 1.165) is 0 Å². The molecule has 0 unspecified atom stereocenters. The number of alkyl halides is 1. The largest absolute Gasteiger partial charge is 0.325 e. The summed E-state index contributed by atoms with van der Waals surface area (Å²) in [5.41, 5.74) is 0.237. The Morgan fingerprint density at radius 2 is 1.65 bits per heavy atom. The van der Waals surface area contributed by atoms with Gasteiger partial charge in [-0.25, -0.2) is 4.79 Å². The van der Waals surface area contributed by atoms with Gasteiger partial charge in [0.25, 0.3) is 0 Å². The Bertz CT molecular complexity index is 465. The van der Waals surface area contributed by atoms with Gasteiger partial charge in [-0.2, -0.15) is 0 Å². The van der Waals surface area contributed by atoms with Gasteiger partial charge in [0.15, 0.2) is 0 Å². The Morgan fingerprint density at radius 3 is 2.24 bits per heavy atom. The predicted molar refractivity (Wildman–Crippen MR) is 69.4 cm³/mol. The van der Waals surface area contributed by atoms with Gasteiger partial charge in [-0.3, -0.25) is 10.1 Å². The van der Waals surface area contributed by atoms with Crippen molar-refractivity contribution in [1.29, 1.82) is 0 Å². The van der Waals surface area contributed by atoms with E-state index in [1.807, 2.05) is 5.32 Å². The molecule has 2 N–H and O–H groups in total. The van der Waals surface area contributed by atoms with Crippen LogP contribution in [0.25, 0.3) is 0 Å². The van der Waals surface area contributed by atoms with Crippen molar-refractivity contribution in [3.8, 4) is 0 Å². The van der Waals surface area contributed by atoms with Crippen molar-refractivity contribution < 1.29 is 9.59 Å². The molecule has 0 saturated heterocycles. The van der Waals surface area contributed by atoms with Crippen LogP contribution >= 0.6 is 46.4 Å². The molecule has 0 radical (unpaired) electrons. The maximum absolute atomic E-state index is 11.3. The first-order valence-electron chi connectivity index (χ1n) is 4.25. The van der Waals surface area contributed by atoms with Gasteiger partial charge < -0.3 is 5.32 Å². The van der Waals surface area contributed by atoms with Crippen molar-refractivity contribution in [3.05, 3.63) is 27.2 Å². The fraction of sp³-hybridized carbons (Fsp3) is 0.111. The number of benzene rings is 1. The van der Waals surface area contributed by atoms with E-state index in [0.29, 0.717) is 0 Å². The van der Waals surface area contributed by atoms with Crippen molar-refractivity contribution in [2.45, 2.75) is 0 Å². The topological polar surface area (TPSA) is 58.2 Å². The van der Waals surface area contributed by atoms with E-state index in [1.165, 1.54) is 12.1 Å². The molecule has 0 saturated carbocycles. The van der Waals surface area contributed by atoms with Crippen LogP contribution in [0.4, 0.5) is 10.5 Å². The second-order valence-electron chi connectivity index (χ2n) is 2.88. The van der Waals surface area contributed by atoms with Crippen LogP contribution in [0.3, 0.4) is 0 Å². The van der Waals surface area contributed by atoms with Crippen LogP contribution in [0, 0.1) is 0 Å². The van der Waals surface area contributed by atoms with Crippen molar-refractivity contribution in [1.82, 2.24) is 5.32 Å². The molecule has 3 amide bonds. The van der Waals surface area contributed by atoms with E-state index in [4.69, 9.17) is 46.4 Å². The highest BCUT2D eigenvalue weighted by Crippen LogP contribution is 2.32. The molecule has 0 aliphatic heterocycles. The molecule has 0 bridgehead atoms. The number of urea groups is 1. The molecule has 0 fully saturated rings. The lowest BCUT2D eigenvalue weighted by Gasteiger charge is -2.08. The number of hydrogen-bond acceptors (Lipinski definition) is 2. The Balaban J connectivity index is 2.78. The minimum Gasteiger partial charge on any atom is -0.306 e. The third-order valence-electron chi connectivity index (χ3n) is 1.63. The zero-order valence-electron chi connectivity index (χ0n) is 8.19. The summed E-state index contributed by atoms with van der Waals surface area (Å²) in [7, 11) is 0. The van der Waals surface area contributed by atoms with E-state index >= 15 is 0 Å². The number of halogens is 4. The Labute approximate surface area is 117 Å². The summed E-state index contributed by atoms with van der Waals surface area (Å²) in [5.74, 6) is -0.942. The van der Waals surface area contributed by atoms with E-state index < -0.39 is 11.9 Å². The Hall–Kier alpha value is -0.680. The van der Waals surface area contributed by atoms with Gasteiger partial charge in [0.2, 0.25) is 5.91 Å². The maximum atomic E-state index is 11.3. The van der Waals surface area contributed by atoms with Gasteiger partial charge >= 0.3 is 6.03 Å². The lowest BCUT2D eigenvalue weighted by molar-refractivity contribution is -0.117. The number of amides is 3. The molecule has 0 atom stereocenters. The first-order valence-corrected chi connectivity index (χ1v) is 5.92. The minimum absolute atomic E-state index is 0.202. The molecule has 17 heavy (non-hydrogen) atoms. The highest BCUT2D eigenvalue weighted by Gasteiger charge is 2.11. The van der Waals surface area contributed by atoms with Gasteiger partial charge in [-0.05, 0) is 12.1 Å². The van der Waals surface area contributed by atoms with E-state index in [1.54, 1.807) is 0 Å². The molecule has 0 aromatic heterocycles. The monoisotopic (exact) mass is 314 g/mol. The smallest absolute Gasteiger partial charge is 0.306 e. The van der Waals surface area contributed by atoms with Crippen LogP contribution in [-0.2, 0) is 4.79 Å². The lowest BCUT2D eigenvalue weighted by Crippen LogP contribution is -2.35. The summed E-state index contributed by atoms with van der Waals surface area (Å²) >= 11 is 22.5. The molecule has 1 aromatic carbocycles.